The Morgan fingerprint density at radius 1 is 1.24 bits per heavy atom. The van der Waals surface area contributed by atoms with E-state index in [4.69, 9.17) is 15.2 Å². The van der Waals surface area contributed by atoms with Crippen LogP contribution in [0.25, 0.3) is 0 Å². The average Bonchev–Trinajstić information content (AvgIpc) is 2.33. The lowest BCUT2D eigenvalue weighted by Gasteiger charge is -2.41. The van der Waals surface area contributed by atoms with Crippen LogP contribution in [0.3, 0.4) is 0 Å². The van der Waals surface area contributed by atoms with E-state index in [1.165, 1.54) is 5.56 Å². The molecule has 1 aromatic rings. The van der Waals surface area contributed by atoms with Gasteiger partial charge in [0.05, 0.1) is 0 Å². The number of hydrogen-bond acceptors (Lipinski definition) is 4. The molecule has 4 nitrogen and oxygen atoms in total. The van der Waals surface area contributed by atoms with Gasteiger partial charge in [0.2, 0.25) is 0 Å². The molecule has 0 radical (unpaired) electrons. The number of hydrogen-bond donors (Lipinski definition) is 1. The van der Waals surface area contributed by atoms with Gasteiger partial charge in [-0.3, -0.25) is 4.90 Å². The summed E-state index contributed by atoms with van der Waals surface area (Å²) in [5.74, 6) is 1.72. The number of rotatable bonds is 2. The fraction of sp³-hybridized carbons (Fsp3) is 0.538. The maximum absolute atomic E-state index is 5.81. The summed E-state index contributed by atoms with van der Waals surface area (Å²) < 4.78 is 11.1. The summed E-state index contributed by atoms with van der Waals surface area (Å²) in [6.45, 7) is 5.45. The van der Waals surface area contributed by atoms with Crippen molar-refractivity contribution in [3.8, 4) is 11.5 Å². The van der Waals surface area contributed by atoms with Gasteiger partial charge in [-0.25, -0.2) is 0 Å². The normalized spacial score (nSPS) is 22.0. The largest absolute Gasteiger partial charge is 0.486 e. The van der Waals surface area contributed by atoms with Crippen molar-refractivity contribution < 1.29 is 9.47 Å². The van der Waals surface area contributed by atoms with Crippen molar-refractivity contribution in [2.75, 3.05) is 26.3 Å². The first-order valence-corrected chi connectivity index (χ1v) is 6.13. The molecule has 17 heavy (non-hydrogen) atoms. The standard InChI is InChI=1S/C13H18N2O2/c1-9(15-7-11(14)8-15)10-2-3-12-13(6-10)17-5-4-16-12/h2-3,6,9,11H,4-5,7-8,14H2,1H3. The Morgan fingerprint density at radius 3 is 2.65 bits per heavy atom. The van der Waals surface area contributed by atoms with Crippen molar-refractivity contribution in [3.63, 3.8) is 0 Å². The third kappa shape index (κ3) is 1.98. The minimum absolute atomic E-state index is 0.342. The Hall–Kier alpha value is -1.26. The van der Waals surface area contributed by atoms with Gasteiger partial charge in [0.15, 0.2) is 11.5 Å². The van der Waals surface area contributed by atoms with Gasteiger partial charge in [-0.1, -0.05) is 6.07 Å². The molecule has 1 saturated heterocycles. The predicted octanol–water partition coefficient (Wildman–Crippen LogP) is 1.16. The van der Waals surface area contributed by atoms with Crippen LogP contribution in [0.2, 0.25) is 0 Å². The Kier molecular flexibility index (Phi) is 2.68. The van der Waals surface area contributed by atoms with Crippen LogP contribution < -0.4 is 15.2 Å². The number of fused-ring (bicyclic) bond motifs is 1. The third-order valence-electron chi connectivity index (χ3n) is 3.53. The van der Waals surface area contributed by atoms with E-state index in [0.717, 1.165) is 24.6 Å². The van der Waals surface area contributed by atoms with Crippen molar-refractivity contribution in [2.45, 2.75) is 19.0 Å². The maximum atomic E-state index is 5.81. The number of benzene rings is 1. The second-order valence-electron chi connectivity index (χ2n) is 4.79. The van der Waals surface area contributed by atoms with Gasteiger partial charge in [-0.15, -0.1) is 0 Å². The number of ether oxygens (including phenoxy) is 2. The molecule has 0 aromatic heterocycles. The molecule has 0 amide bonds. The van der Waals surface area contributed by atoms with Gasteiger partial charge in [-0.2, -0.15) is 0 Å². The van der Waals surface area contributed by atoms with Crippen LogP contribution in [0.4, 0.5) is 0 Å². The summed E-state index contributed by atoms with van der Waals surface area (Å²) in [4.78, 5) is 2.37. The molecule has 2 aliphatic rings. The quantitative estimate of drug-likeness (QED) is 0.834. The molecule has 92 valence electrons. The topological polar surface area (TPSA) is 47.7 Å². The molecule has 0 spiro atoms. The zero-order valence-corrected chi connectivity index (χ0v) is 10.1. The lowest BCUT2D eigenvalue weighted by molar-refractivity contribution is 0.103. The summed E-state index contributed by atoms with van der Waals surface area (Å²) in [5.41, 5.74) is 7.07. The molecule has 0 bridgehead atoms. The van der Waals surface area contributed by atoms with Gasteiger partial charge in [0.25, 0.3) is 0 Å². The van der Waals surface area contributed by atoms with Crippen LogP contribution in [0.1, 0.15) is 18.5 Å². The highest BCUT2D eigenvalue weighted by atomic mass is 16.6. The van der Waals surface area contributed by atoms with E-state index in [1.54, 1.807) is 0 Å². The summed E-state index contributed by atoms with van der Waals surface area (Å²) in [7, 11) is 0. The zero-order valence-electron chi connectivity index (χ0n) is 10.1. The summed E-state index contributed by atoms with van der Waals surface area (Å²) >= 11 is 0. The number of nitrogens with two attached hydrogens (primary N) is 1. The fourth-order valence-electron chi connectivity index (χ4n) is 2.40. The van der Waals surface area contributed by atoms with Crippen molar-refractivity contribution in [1.82, 2.24) is 4.90 Å². The molecule has 1 fully saturated rings. The predicted molar refractivity (Wildman–Crippen MR) is 65.4 cm³/mol. The molecule has 2 heterocycles. The van der Waals surface area contributed by atoms with E-state index in [0.29, 0.717) is 25.3 Å². The highest BCUT2D eigenvalue weighted by molar-refractivity contribution is 5.44. The van der Waals surface area contributed by atoms with Gasteiger partial charge < -0.3 is 15.2 Å². The van der Waals surface area contributed by atoms with E-state index in [9.17, 15) is 0 Å². The van der Waals surface area contributed by atoms with Gasteiger partial charge in [0.1, 0.15) is 13.2 Å². The molecular weight excluding hydrogens is 216 g/mol. The van der Waals surface area contributed by atoms with E-state index < -0.39 is 0 Å². The van der Waals surface area contributed by atoms with E-state index in [2.05, 4.69) is 24.0 Å². The molecule has 0 aliphatic carbocycles. The molecular formula is C13H18N2O2. The molecule has 1 atom stereocenters. The monoisotopic (exact) mass is 234 g/mol. The van der Waals surface area contributed by atoms with E-state index in [-0.39, 0.29) is 0 Å². The minimum atomic E-state index is 0.342. The third-order valence-corrected chi connectivity index (χ3v) is 3.53. The Morgan fingerprint density at radius 2 is 1.94 bits per heavy atom. The van der Waals surface area contributed by atoms with Crippen molar-refractivity contribution in [1.29, 1.82) is 0 Å². The summed E-state index contributed by atoms with van der Waals surface area (Å²) in [6, 6.07) is 6.94. The SMILES string of the molecule is CC(c1ccc2c(c1)OCCO2)N1CC(N)C1. The molecule has 2 N–H and O–H groups in total. The second kappa shape index (κ2) is 4.20. The first kappa shape index (κ1) is 10.9. The first-order chi connectivity index (χ1) is 8.24. The smallest absolute Gasteiger partial charge is 0.161 e. The van der Waals surface area contributed by atoms with Crippen molar-refractivity contribution >= 4 is 0 Å². The maximum Gasteiger partial charge on any atom is 0.161 e. The fourth-order valence-corrected chi connectivity index (χ4v) is 2.40. The summed E-state index contributed by atoms with van der Waals surface area (Å²) in [5, 5.41) is 0. The molecule has 4 heteroatoms. The number of likely N-dealkylation sites (tertiary alicyclic amines) is 1. The molecule has 0 saturated carbocycles. The molecule has 2 aliphatic heterocycles. The van der Waals surface area contributed by atoms with Crippen LogP contribution in [0.5, 0.6) is 11.5 Å². The minimum Gasteiger partial charge on any atom is -0.486 e. The van der Waals surface area contributed by atoms with E-state index >= 15 is 0 Å². The highest BCUT2D eigenvalue weighted by Crippen LogP contribution is 2.34. The molecule has 1 aromatic carbocycles. The van der Waals surface area contributed by atoms with Crippen molar-refractivity contribution in [3.05, 3.63) is 23.8 Å². The Bertz CT molecular complexity index is 416. The van der Waals surface area contributed by atoms with Crippen LogP contribution in [-0.4, -0.2) is 37.2 Å². The number of nitrogens with zero attached hydrogens (tertiary/aromatic N) is 1. The van der Waals surface area contributed by atoms with Gasteiger partial charge in [0, 0.05) is 25.2 Å². The van der Waals surface area contributed by atoms with Crippen LogP contribution in [0.15, 0.2) is 18.2 Å². The Balaban J connectivity index is 1.78. The van der Waals surface area contributed by atoms with Gasteiger partial charge >= 0.3 is 0 Å². The zero-order chi connectivity index (χ0) is 11.8. The lowest BCUT2D eigenvalue weighted by atomic mass is 10.0. The van der Waals surface area contributed by atoms with Crippen LogP contribution in [-0.2, 0) is 0 Å². The van der Waals surface area contributed by atoms with Crippen molar-refractivity contribution in [2.24, 2.45) is 5.73 Å². The molecule has 1 unspecified atom stereocenters. The van der Waals surface area contributed by atoms with Gasteiger partial charge in [-0.05, 0) is 24.6 Å². The van der Waals surface area contributed by atoms with Crippen LogP contribution >= 0.6 is 0 Å². The van der Waals surface area contributed by atoms with E-state index in [1.807, 2.05) is 6.07 Å². The summed E-state index contributed by atoms with van der Waals surface area (Å²) in [6.07, 6.45) is 0. The highest BCUT2D eigenvalue weighted by Gasteiger charge is 2.28. The average molecular weight is 234 g/mol. The molecule has 3 rings (SSSR count). The second-order valence-corrected chi connectivity index (χ2v) is 4.79. The first-order valence-electron chi connectivity index (χ1n) is 6.13. The lowest BCUT2D eigenvalue weighted by Crippen LogP contribution is -2.56. The van der Waals surface area contributed by atoms with Crippen LogP contribution in [0, 0.1) is 0 Å². The Labute approximate surface area is 101 Å².